The summed E-state index contributed by atoms with van der Waals surface area (Å²) in [6.45, 7) is 3.30. The summed E-state index contributed by atoms with van der Waals surface area (Å²) in [5.74, 6) is 0.392. The van der Waals surface area contributed by atoms with E-state index in [1.807, 2.05) is 29.2 Å². The lowest BCUT2D eigenvalue weighted by Crippen LogP contribution is -2.50. The van der Waals surface area contributed by atoms with Crippen LogP contribution in [0.15, 0.2) is 53.0 Å². The van der Waals surface area contributed by atoms with Crippen LogP contribution in [0.2, 0.25) is 0 Å². The van der Waals surface area contributed by atoms with E-state index in [0.717, 1.165) is 23.1 Å². The number of hydrogen-bond donors (Lipinski definition) is 1. The Morgan fingerprint density at radius 2 is 1.86 bits per heavy atom. The van der Waals surface area contributed by atoms with Gasteiger partial charge in [-0.05, 0) is 35.9 Å². The molecule has 2 aromatic carbocycles. The topological polar surface area (TPSA) is 61.9 Å². The van der Waals surface area contributed by atoms with Crippen LogP contribution in [0.3, 0.4) is 0 Å². The largest absolute Gasteiger partial charge is 0.497 e. The maximum Gasteiger partial charge on any atom is 0.254 e. The average molecular weight is 446 g/mol. The molecule has 2 aromatic rings. The van der Waals surface area contributed by atoms with Gasteiger partial charge in [0.25, 0.3) is 5.91 Å². The molecular weight excluding hydrogens is 422 g/mol. The highest BCUT2D eigenvalue weighted by molar-refractivity contribution is 9.10. The Morgan fingerprint density at radius 1 is 1.14 bits per heavy atom. The molecule has 0 unspecified atom stereocenters. The number of benzene rings is 2. The third kappa shape index (κ3) is 5.33. The minimum Gasteiger partial charge on any atom is -0.497 e. The second-order valence-corrected chi connectivity index (χ2v) is 7.57. The number of rotatable bonds is 6. The molecule has 0 saturated carbocycles. The fourth-order valence-corrected chi connectivity index (χ4v) is 3.39. The summed E-state index contributed by atoms with van der Waals surface area (Å²) < 4.78 is 6.21. The minimum atomic E-state index is -0.190. The molecular formula is C21H24BrN3O3. The van der Waals surface area contributed by atoms with Gasteiger partial charge in [-0.3, -0.25) is 9.59 Å². The monoisotopic (exact) mass is 445 g/mol. The maximum absolute atomic E-state index is 13.2. The summed E-state index contributed by atoms with van der Waals surface area (Å²) in [6.07, 6.45) is 0. The molecule has 28 heavy (non-hydrogen) atoms. The van der Waals surface area contributed by atoms with Gasteiger partial charge in [0.1, 0.15) is 12.3 Å². The van der Waals surface area contributed by atoms with Crippen molar-refractivity contribution in [2.24, 2.45) is 0 Å². The van der Waals surface area contributed by atoms with Gasteiger partial charge in [-0.2, -0.15) is 0 Å². The molecule has 1 aliphatic rings. The SMILES string of the molecule is COc1cccc(C(=O)N(CC(=O)N2CCNCC2)Cc2ccc(Br)cc2)c1. The van der Waals surface area contributed by atoms with Gasteiger partial charge in [-0.25, -0.2) is 0 Å². The third-order valence-electron chi connectivity index (χ3n) is 4.69. The van der Waals surface area contributed by atoms with E-state index in [1.54, 1.807) is 36.3 Å². The first-order valence-corrected chi connectivity index (χ1v) is 10.0. The Balaban J connectivity index is 1.80. The molecule has 0 aromatic heterocycles. The zero-order chi connectivity index (χ0) is 19.9. The number of carbonyl (C=O) groups is 2. The van der Waals surface area contributed by atoms with Gasteiger partial charge in [-0.15, -0.1) is 0 Å². The summed E-state index contributed by atoms with van der Waals surface area (Å²) in [4.78, 5) is 29.4. The Kier molecular flexibility index (Phi) is 7.06. The first-order valence-electron chi connectivity index (χ1n) is 9.23. The fraction of sp³-hybridized carbons (Fsp3) is 0.333. The van der Waals surface area contributed by atoms with Gasteiger partial charge in [0, 0.05) is 42.8 Å². The second-order valence-electron chi connectivity index (χ2n) is 6.65. The predicted octanol–water partition coefficient (Wildman–Crippen LogP) is 2.53. The van der Waals surface area contributed by atoms with E-state index in [1.165, 1.54) is 0 Å². The fourth-order valence-electron chi connectivity index (χ4n) is 3.13. The molecule has 1 N–H and O–H groups in total. The number of carbonyl (C=O) groups excluding carboxylic acids is 2. The summed E-state index contributed by atoms with van der Waals surface area (Å²) in [5, 5.41) is 3.24. The molecule has 1 saturated heterocycles. The van der Waals surface area contributed by atoms with Gasteiger partial charge in [0.15, 0.2) is 0 Å². The van der Waals surface area contributed by atoms with Crippen molar-refractivity contribution in [1.82, 2.24) is 15.1 Å². The molecule has 3 rings (SSSR count). The first-order chi connectivity index (χ1) is 13.6. The Morgan fingerprint density at radius 3 is 2.54 bits per heavy atom. The zero-order valence-electron chi connectivity index (χ0n) is 15.9. The number of nitrogens with one attached hydrogen (secondary N) is 1. The summed E-state index contributed by atoms with van der Waals surface area (Å²) >= 11 is 3.42. The summed E-state index contributed by atoms with van der Waals surface area (Å²) in [5.41, 5.74) is 1.47. The number of amides is 2. The van der Waals surface area contributed by atoms with Crippen molar-refractivity contribution in [3.63, 3.8) is 0 Å². The van der Waals surface area contributed by atoms with E-state index >= 15 is 0 Å². The van der Waals surface area contributed by atoms with E-state index in [2.05, 4.69) is 21.2 Å². The van der Waals surface area contributed by atoms with Crippen molar-refractivity contribution in [3.05, 3.63) is 64.1 Å². The van der Waals surface area contributed by atoms with Crippen molar-refractivity contribution < 1.29 is 14.3 Å². The smallest absolute Gasteiger partial charge is 0.254 e. The van der Waals surface area contributed by atoms with E-state index in [4.69, 9.17) is 4.74 Å². The molecule has 0 aliphatic carbocycles. The lowest BCUT2D eigenvalue weighted by molar-refractivity contribution is -0.132. The van der Waals surface area contributed by atoms with Gasteiger partial charge in [0.2, 0.25) is 5.91 Å². The van der Waals surface area contributed by atoms with Crippen LogP contribution in [0, 0.1) is 0 Å². The number of piperazine rings is 1. The number of halogens is 1. The van der Waals surface area contributed by atoms with Gasteiger partial charge >= 0.3 is 0 Å². The highest BCUT2D eigenvalue weighted by atomic mass is 79.9. The highest BCUT2D eigenvalue weighted by Gasteiger charge is 2.23. The minimum absolute atomic E-state index is 0.0325. The van der Waals surface area contributed by atoms with E-state index < -0.39 is 0 Å². The lowest BCUT2D eigenvalue weighted by Gasteiger charge is -2.30. The molecule has 2 amide bonds. The Labute approximate surface area is 173 Å². The molecule has 0 radical (unpaired) electrons. The average Bonchev–Trinajstić information content (AvgIpc) is 2.75. The van der Waals surface area contributed by atoms with Gasteiger partial charge in [0.05, 0.1) is 7.11 Å². The number of methoxy groups -OCH3 is 1. The van der Waals surface area contributed by atoms with Crippen LogP contribution in [-0.2, 0) is 11.3 Å². The van der Waals surface area contributed by atoms with Crippen molar-refractivity contribution in [2.45, 2.75) is 6.54 Å². The normalized spacial score (nSPS) is 13.9. The zero-order valence-corrected chi connectivity index (χ0v) is 17.4. The lowest BCUT2D eigenvalue weighted by atomic mass is 10.1. The number of nitrogens with zero attached hydrogens (tertiary/aromatic N) is 2. The van der Waals surface area contributed by atoms with Crippen molar-refractivity contribution in [1.29, 1.82) is 0 Å². The van der Waals surface area contributed by atoms with Crippen LogP contribution in [0.25, 0.3) is 0 Å². The highest BCUT2D eigenvalue weighted by Crippen LogP contribution is 2.17. The molecule has 0 atom stereocenters. The third-order valence-corrected chi connectivity index (χ3v) is 5.22. The van der Waals surface area contributed by atoms with Crippen molar-refractivity contribution in [2.75, 3.05) is 39.8 Å². The van der Waals surface area contributed by atoms with Crippen LogP contribution in [0.1, 0.15) is 15.9 Å². The molecule has 0 bridgehead atoms. The summed E-state index contributed by atoms with van der Waals surface area (Å²) in [6, 6.07) is 14.8. The molecule has 7 heteroatoms. The van der Waals surface area contributed by atoms with Crippen LogP contribution in [0.4, 0.5) is 0 Å². The summed E-state index contributed by atoms with van der Waals surface area (Å²) in [7, 11) is 1.57. The van der Waals surface area contributed by atoms with E-state index in [-0.39, 0.29) is 18.4 Å². The van der Waals surface area contributed by atoms with Crippen LogP contribution < -0.4 is 10.1 Å². The molecule has 148 valence electrons. The van der Waals surface area contributed by atoms with E-state index in [0.29, 0.717) is 30.9 Å². The molecule has 1 fully saturated rings. The number of hydrogen-bond acceptors (Lipinski definition) is 4. The van der Waals surface area contributed by atoms with Gasteiger partial charge in [-0.1, -0.05) is 34.1 Å². The van der Waals surface area contributed by atoms with Crippen LogP contribution in [-0.4, -0.2) is 61.4 Å². The quantitative estimate of drug-likeness (QED) is 0.741. The van der Waals surface area contributed by atoms with Crippen LogP contribution in [0.5, 0.6) is 5.75 Å². The van der Waals surface area contributed by atoms with E-state index in [9.17, 15) is 9.59 Å². The van der Waals surface area contributed by atoms with Crippen molar-refractivity contribution >= 4 is 27.7 Å². The molecule has 6 nitrogen and oxygen atoms in total. The second kappa shape index (κ2) is 9.71. The predicted molar refractivity (Wildman–Crippen MR) is 111 cm³/mol. The molecule has 1 heterocycles. The standard InChI is InChI=1S/C21H24BrN3O3/c1-28-19-4-2-3-17(13-19)21(27)25(14-16-5-7-18(22)8-6-16)15-20(26)24-11-9-23-10-12-24/h2-8,13,23H,9-12,14-15H2,1H3. The van der Waals surface area contributed by atoms with Gasteiger partial charge < -0.3 is 19.9 Å². The Hall–Kier alpha value is -2.38. The Bertz CT molecular complexity index is 820. The first kappa shape index (κ1) is 20.4. The molecule has 1 aliphatic heterocycles. The molecule has 0 spiro atoms. The number of ether oxygens (including phenoxy) is 1. The van der Waals surface area contributed by atoms with Crippen LogP contribution >= 0.6 is 15.9 Å². The van der Waals surface area contributed by atoms with Crippen molar-refractivity contribution in [3.8, 4) is 5.75 Å². The maximum atomic E-state index is 13.2.